The van der Waals surface area contributed by atoms with Crippen molar-refractivity contribution in [3.8, 4) is 17.6 Å². The van der Waals surface area contributed by atoms with E-state index in [0.717, 1.165) is 12.8 Å². The van der Waals surface area contributed by atoms with Crippen LogP contribution in [0.4, 0.5) is 0 Å². The second kappa shape index (κ2) is 11.0. The lowest BCUT2D eigenvalue weighted by Crippen LogP contribution is -2.25. The third kappa shape index (κ3) is 6.04. The van der Waals surface area contributed by atoms with Crippen LogP contribution in [0.15, 0.2) is 48.0 Å². The van der Waals surface area contributed by atoms with Crippen LogP contribution in [0.3, 0.4) is 0 Å². The van der Waals surface area contributed by atoms with Crippen LogP contribution in [0.1, 0.15) is 24.5 Å². The molecule has 0 spiro atoms. The van der Waals surface area contributed by atoms with Crippen molar-refractivity contribution < 1.29 is 14.3 Å². The topological polar surface area (TPSA) is 71.3 Å². The number of nitriles is 1. The van der Waals surface area contributed by atoms with Crippen molar-refractivity contribution in [3.63, 3.8) is 0 Å². The summed E-state index contributed by atoms with van der Waals surface area (Å²) in [6.45, 7) is 2.78. The van der Waals surface area contributed by atoms with E-state index in [4.69, 9.17) is 21.1 Å². The number of nitrogens with one attached hydrogen (secondary N) is 1. The number of aryl methyl sites for hydroxylation is 1. The molecular weight excluding hydrogens is 376 g/mol. The maximum atomic E-state index is 12.3. The highest BCUT2D eigenvalue weighted by atomic mass is 35.5. The molecule has 2 aromatic rings. The molecular formula is C22H23ClN2O3. The van der Waals surface area contributed by atoms with Crippen LogP contribution in [-0.4, -0.2) is 26.2 Å². The molecule has 0 aromatic heterocycles. The number of methoxy groups -OCH3 is 1. The molecule has 5 nitrogen and oxygen atoms in total. The average Bonchev–Trinajstić information content (AvgIpc) is 2.71. The Morgan fingerprint density at radius 3 is 2.68 bits per heavy atom. The van der Waals surface area contributed by atoms with Gasteiger partial charge in [0.2, 0.25) is 0 Å². The van der Waals surface area contributed by atoms with Crippen molar-refractivity contribution >= 4 is 23.6 Å². The van der Waals surface area contributed by atoms with Crippen LogP contribution in [0.2, 0.25) is 5.02 Å². The maximum Gasteiger partial charge on any atom is 0.261 e. The summed E-state index contributed by atoms with van der Waals surface area (Å²) >= 11 is 6.24. The van der Waals surface area contributed by atoms with Gasteiger partial charge in [-0.1, -0.05) is 41.9 Å². The summed E-state index contributed by atoms with van der Waals surface area (Å²) in [7, 11) is 1.51. The molecule has 0 saturated heterocycles. The quantitative estimate of drug-likeness (QED) is 0.386. The van der Waals surface area contributed by atoms with E-state index in [9.17, 15) is 10.1 Å². The van der Waals surface area contributed by atoms with Crippen molar-refractivity contribution in [1.29, 1.82) is 5.26 Å². The minimum atomic E-state index is -0.417. The maximum absolute atomic E-state index is 12.3. The Morgan fingerprint density at radius 1 is 1.29 bits per heavy atom. The van der Waals surface area contributed by atoms with Gasteiger partial charge >= 0.3 is 0 Å². The first-order chi connectivity index (χ1) is 13.6. The fraction of sp³-hybridized carbons (Fsp3) is 0.273. The minimum absolute atomic E-state index is 0.00184. The molecule has 146 valence electrons. The highest BCUT2D eigenvalue weighted by molar-refractivity contribution is 6.32. The lowest BCUT2D eigenvalue weighted by molar-refractivity contribution is -0.117. The van der Waals surface area contributed by atoms with Gasteiger partial charge < -0.3 is 14.8 Å². The summed E-state index contributed by atoms with van der Waals surface area (Å²) in [5.74, 6) is 0.466. The summed E-state index contributed by atoms with van der Waals surface area (Å²) in [4.78, 5) is 12.3. The normalized spacial score (nSPS) is 10.9. The molecule has 0 bridgehead atoms. The Balaban J connectivity index is 2.03. The number of carbonyl (C=O) groups is 1. The first-order valence-electron chi connectivity index (χ1n) is 9.03. The molecule has 28 heavy (non-hydrogen) atoms. The van der Waals surface area contributed by atoms with E-state index in [1.807, 2.05) is 43.3 Å². The Bertz CT molecular complexity index is 873. The molecule has 2 aromatic carbocycles. The first kappa shape index (κ1) is 21.3. The van der Waals surface area contributed by atoms with E-state index in [1.165, 1.54) is 18.7 Å². The van der Waals surface area contributed by atoms with Crippen LogP contribution in [-0.2, 0) is 11.2 Å². The molecule has 0 radical (unpaired) electrons. The monoisotopic (exact) mass is 398 g/mol. The van der Waals surface area contributed by atoms with Crippen LogP contribution < -0.4 is 14.8 Å². The number of hydrogen-bond acceptors (Lipinski definition) is 4. The molecule has 0 atom stereocenters. The lowest BCUT2D eigenvalue weighted by atomic mass is 10.1. The Morgan fingerprint density at radius 2 is 2.04 bits per heavy atom. The zero-order valence-corrected chi connectivity index (χ0v) is 16.8. The molecule has 0 unspecified atom stereocenters. The standard InChI is InChI=1S/C22H23ClN2O3/c1-3-28-21-19(23)13-17(14-20(21)27-2)12-18(15-24)22(26)25-11-7-10-16-8-5-4-6-9-16/h4-6,8-9,12-14H,3,7,10-11H2,1-2H3,(H,25,26)/b18-12-. The summed E-state index contributed by atoms with van der Waals surface area (Å²) in [5.41, 5.74) is 1.80. The Kier molecular flexibility index (Phi) is 8.38. The largest absolute Gasteiger partial charge is 0.493 e. The predicted octanol–water partition coefficient (Wildman–Crippen LogP) is 4.40. The van der Waals surface area contributed by atoms with E-state index in [-0.39, 0.29) is 5.57 Å². The van der Waals surface area contributed by atoms with E-state index in [2.05, 4.69) is 5.32 Å². The average molecular weight is 399 g/mol. The van der Waals surface area contributed by atoms with E-state index < -0.39 is 5.91 Å². The van der Waals surface area contributed by atoms with Crippen molar-refractivity contribution in [3.05, 3.63) is 64.2 Å². The highest BCUT2D eigenvalue weighted by Crippen LogP contribution is 2.37. The second-order valence-corrected chi connectivity index (χ2v) is 6.39. The van der Waals surface area contributed by atoms with Gasteiger partial charge in [-0.05, 0) is 49.1 Å². The van der Waals surface area contributed by atoms with Crippen molar-refractivity contribution in [2.45, 2.75) is 19.8 Å². The summed E-state index contributed by atoms with van der Waals surface area (Å²) < 4.78 is 10.8. The molecule has 0 heterocycles. The Labute approximate surface area is 170 Å². The number of halogens is 1. The molecule has 0 fully saturated rings. The van der Waals surface area contributed by atoms with Crippen LogP contribution in [0.25, 0.3) is 6.08 Å². The third-order valence-electron chi connectivity index (χ3n) is 3.99. The van der Waals surface area contributed by atoms with Crippen LogP contribution >= 0.6 is 11.6 Å². The zero-order chi connectivity index (χ0) is 20.4. The van der Waals surface area contributed by atoms with Gasteiger partial charge in [0.05, 0.1) is 18.7 Å². The number of carbonyl (C=O) groups excluding carboxylic acids is 1. The van der Waals surface area contributed by atoms with E-state index in [0.29, 0.717) is 35.2 Å². The fourth-order valence-corrected chi connectivity index (χ4v) is 2.93. The number of benzene rings is 2. The highest BCUT2D eigenvalue weighted by Gasteiger charge is 2.13. The number of amides is 1. The number of nitrogens with zero attached hydrogens (tertiary/aromatic N) is 1. The number of rotatable bonds is 9. The van der Waals surface area contributed by atoms with Crippen LogP contribution in [0, 0.1) is 11.3 Å². The molecule has 1 amide bonds. The van der Waals surface area contributed by atoms with Crippen LogP contribution in [0.5, 0.6) is 11.5 Å². The van der Waals surface area contributed by atoms with Gasteiger partial charge in [-0.3, -0.25) is 4.79 Å². The van der Waals surface area contributed by atoms with Gasteiger partial charge in [-0.15, -0.1) is 0 Å². The van der Waals surface area contributed by atoms with Gasteiger partial charge in [-0.2, -0.15) is 5.26 Å². The summed E-state index contributed by atoms with van der Waals surface area (Å²) in [5, 5.41) is 12.5. The molecule has 0 saturated carbocycles. The van der Waals surface area contributed by atoms with E-state index in [1.54, 1.807) is 12.1 Å². The Hall–Kier alpha value is -2.97. The first-order valence-corrected chi connectivity index (χ1v) is 9.41. The zero-order valence-electron chi connectivity index (χ0n) is 16.0. The SMILES string of the molecule is CCOc1c(Cl)cc(/C=C(/C#N)C(=O)NCCCc2ccccc2)cc1OC. The smallest absolute Gasteiger partial charge is 0.261 e. The van der Waals surface area contributed by atoms with Gasteiger partial charge in [0.1, 0.15) is 11.6 Å². The van der Waals surface area contributed by atoms with E-state index >= 15 is 0 Å². The summed E-state index contributed by atoms with van der Waals surface area (Å²) in [6, 6.07) is 15.3. The van der Waals surface area contributed by atoms with Crippen molar-refractivity contribution in [2.24, 2.45) is 0 Å². The fourth-order valence-electron chi connectivity index (χ4n) is 2.66. The van der Waals surface area contributed by atoms with Crippen molar-refractivity contribution in [2.75, 3.05) is 20.3 Å². The number of ether oxygens (including phenoxy) is 2. The molecule has 2 rings (SSSR count). The second-order valence-electron chi connectivity index (χ2n) is 5.98. The van der Waals surface area contributed by atoms with Crippen molar-refractivity contribution in [1.82, 2.24) is 5.32 Å². The molecule has 1 N–H and O–H groups in total. The molecule has 0 aliphatic heterocycles. The summed E-state index contributed by atoms with van der Waals surface area (Å²) in [6.07, 6.45) is 3.13. The molecule has 0 aliphatic rings. The minimum Gasteiger partial charge on any atom is -0.493 e. The van der Waals surface area contributed by atoms with Gasteiger partial charge in [0, 0.05) is 6.54 Å². The predicted molar refractivity (Wildman–Crippen MR) is 111 cm³/mol. The lowest BCUT2D eigenvalue weighted by Gasteiger charge is -2.12. The van der Waals surface area contributed by atoms with Gasteiger partial charge in [-0.25, -0.2) is 0 Å². The third-order valence-corrected chi connectivity index (χ3v) is 4.27. The van der Waals surface area contributed by atoms with Gasteiger partial charge in [0.25, 0.3) is 5.91 Å². The van der Waals surface area contributed by atoms with Gasteiger partial charge in [0.15, 0.2) is 11.5 Å². The molecule has 6 heteroatoms. The molecule has 0 aliphatic carbocycles. The number of hydrogen-bond donors (Lipinski definition) is 1.